The fourth-order valence-electron chi connectivity index (χ4n) is 4.79. The van der Waals surface area contributed by atoms with Gasteiger partial charge in [0.05, 0.1) is 5.56 Å². The van der Waals surface area contributed by atoms with Gasteiger partial charge in [-0.25, -0.2) is 9.48 Å². The minimum Gasteiger partial charge on any atom is -0.507 e. The quantitative estimate of drug-likeness (QED) is 0.106. The Morgan fingerprint density at radius 2 is 1.89 bits per heavy atom. The maximum absolute atomic E-state index is 13.5. The lowest BCUT2D eigenvalue weighted by Crippen LogP contribution is -2.71. The normalized spacial score (nSPS) is 18.1. The minimum absolute atomic E-state index is 0.0227. The summed E-state index contributed by atoms with van der Waals surface area (Å²) >= 11 is 2.50. The average Bonchev–Trinajstić information content (AvgIpc) is 3.73. The van der Waals surface area contributed by atoms with Gasteiger partial charge in [-0.15, -0.1) is 27.1 Å². The molecule has 1 fully saturated rings. The van der Waals surface area contributed by atoms with Gasteiger partial charge in [-0.05, 0) is 33.7 Å². The summed E-state index contributed by atoms with van der Waals surface area (Å²) in [6.07, 6.45) is 0. The van der Waals surface area contributed by atoms with Crippen molar-refractivity contribution in [2.45, 2.75) is 29.2 Å². The Balaban J connectivity index is 1.16. The van der Waals surface area contributed by atoms with Crippen LogP contribution in [0, 0.1) is 0 Å². The average molecular weight is 650 g/mol. The summed E-state index contributed by atoms with van der Waals surface area (Å²) in [6.45, 7) is 0.149. The van der Waals surface area contributed by atoms with Gasteiger partial charge in [-0.1, -0.05) is 59.4 Å². The molecule has 19 heteroatoms. The summed E-state index contributed by atoms with van der Waals surface area (Å²) in [7, 11) is 0. The molecule has 3 atom stereocenters. The molecular weight excluding hydrogens is 626 g/mol. The van der Waals surface area contributed by atoms with Gasteiger partial charge >= 0.3 is 5.97 Å². The zero-order chi connectivity index (χ0) is 31.5. The SMILES string of the molecule is O=C(O)C1=C(CSc2nnnn2Cc2nn[nH]n2)CS[C@H]2C(NC(=O)C(NC(=O)c3ccccc3O)c3ccccc3)C(=O)N12. The number of benzene rings is 2. The molecule has 0 aliphatic carbocycles. The van der Waals surface area contributed by atoms with Crippen molar-refractivity contribution in [1.29, 1.82) is 0 Å². The van der Waals surface area contributed by atoms with Gasteiger partial charge in [-0.2, -0.15) is 5.21 Å². The molecule has 0 spiro atoms. The number of phenols is 1. The first-order valence-corrected chi connectivity index (χ1v) is 15.3. The second-order valence-corrected chi connectivity index (χ2v) is 11.8. The second kappa shape index (κ2) is 12.7. The molecule has 45 heavy (non-hydrogen) atoms. The molecule has 2 aromatic heterocycles. The van der Waals surface area contributed by atoms with E-state index in [1.165, 1.54) is 40.3 Å². The van der Waals surface area contributed by atoms with Crippen molar-refractivity contribution >= 4 is 47.2 Å². The fraction of sp³-hybridized carbons (Fsp3) is 0.231. The lowest BCUT2D eigenvalue weighted by atomic mass is 10.0. The van der Waals surface area contributed by atoms with Gasteiger partial charge in [0.15, 0.2) is 5.82 Å². The third kappa shape index (κ3) is 6.07. The second-order valence-electron chi connectivity index (χ2n) is 9.72. The summed E-state index contributed by atoms with van der Waals surface area (Å²) < 4.78 is 1.44. The van der Waals surface area contributed by atoms with Gasteiger partial charge in [0.2, 0.25) is 11.1 Å². The van der Waals surface area contributed by atoms with E-state index in [0.29, 0.717) is 22.1 Å². The van der Waals surface area contributed by atoms with Crippen LogP contribution >= 0.6 is 23.5 Å². The number of fused-ring (bicyclic) bond motifs is 1. The predicted octanol–water partition coefficient (Wildman–Crippen LogP) is -0.0579. The van der Waals surface area contributed by atoms with Gasteiger partial charge < -0.3 is 20.8 Å². The summed E-state index contributed by atoms with van der Waals surface area (Å²) in [5, 5.41) is 50.4. The van der Waals surface area contributed by atoms with Crippen LogP contribution < -0.4 is 10.6 Å². The number of aromatic amines is 1. The molecule has 5 N–H and O–H groups in total. The van der Waals surface area contributed by atoms with E-state index < -0.39 is 41.1 Å². The van der Waals surface area contributed by atoms with E-state index >= 15 is 0 Å². The predicted molar refractivity (Wildman–Crippen MR) is 156 cm³/mol. The number of thioether (sulfide) groups is 2. The number of tetrazole rings is 2. The molecule has 2 aliphatic rings. The number of amides is 3. The van der Waals surface area contributed by atoms with Crippen LogP contribution in [-0.4, -0.2) is 103 Å². The van der Waals surface area contributed by atoms with Crippen molar-refractivity contribution in [2.24, 2.45) is 0 Å². The van der Waals surface area contributed by atoms with Crippen molar-refractivity contribution < 1.29 is 29.4 Å². The molecule has 17 nitrogen and oxygen atoms in total. The number of nitrogens with one attached hydrogen (secondary N) is 3. The van der Waals surface area contributed by atoms with Crippen LogP contribution in [0.5, 0.6) is 5.75 Å². The molecule has 0 bridgehead atoms. The molecule has 3 amide bonds. The molecular formula is C26H23N11O6S2. The third-order valence-corrected chi connectivity index (χ3v) is 9.30. The van der Waals surface area contributed by atoms with Gasteiger partial charge in [0.1, 0.15) is 35.4 Å². The standard InChI is InChI=1S/C26H23N11O6S2/c38-16-9-5-4-8-15(16)21(39)27-18(13-6-2-1-3-7-13)22(40)28-19-23(41)37-20(25(42)43)14(11-44-24(19)37)12-45-26-31-34-35-36(26)10-17-29-32-33-30-17/h1-9,18-19,24,38H,10-12H2,(H,27,39)(H,28,40)(H,42,43)(H,29,30,32,33)/t18?,19?,24-/m0/s1. The smallest absolute Gasteiger partial charge is 0.352 e. The highest BCUT2D eigenvalue weighted by atomic mass is 32.2. The highest BCUT2D eigenvalue weighted by molar-refractivity contribution is 8.01. The van der Waals surface area contributed by atoms with Crippen molar-refractivity contribution in [1.82, 2.24) is 56.4 Å². The molecule has 0 radical (unpaired) electrons. The van der Waals surface area contributed by atoms with Crippen LogP contribution in [-0.2, 0) is 20.9 Å². The number of aliphatic carboxylic acids is 1. The topological polar surface area (TPSA) is 234 Å². The number of rotatable bonds is 11. The van der Waals surface area contributed by atoms with Gasteiger partial charge in [0.25, 0.3) is 11.8 Å². The molecule has 0 saturated carbocycles. The number of hydrogen-bond donors (Lipinski definition) is 5. The largest absolute Gasteiger partial charge is 0.507 e. The Labute approximate surface area is 261 Å². The molecule has 2 aromatic carbocycles. The number of carboxylic acid groups (broad SMARTS) is 1. The highest BCUT2D eigenvalue weighted by Crippen LogP contribution is 2.41. The number of hydrogen-bond acceptors (Lipinski definition) is 13. The molecule has 6 rings (SSSR count). The maximum Gasteiger partial charge on any atom is 0.352 e. The lowest BCUT2D eigenvalue weighted by molar-refractivity contribution is -0.151. The first-order valence-electron chi connectivity index (χ1n) is 13.3. The maximum atomic E-state index is 13.5. The third-order valence-electron chi connectivity index (χ3n) is 6.92. The van der Waals surface area contributed by atoms with Gasteiger partial charge in [0, 0.05) is 11.5 Å². The van der Waals surface area contributed by atoms with Crippen LogP contribution in [0.25, 0.3) is 0 Å². The zero-order valence-corrected chi connectivity index (χ0v) is 24.6. The Bertz CT molecular complexity index is 1780. The number of carboxylic acids is 1. The van der Waals surface area contributed by atoms with E-state index in [1.807, 2.05) is 0 Å². The van der Waals surface area contributed by atoms with E-state index in [-0.39, 0.29) is 35.1 Å². The Morgan fingerprint density at radius 1 is 1.11 bits per heavy atom. The zero-order valence-electron chi connectivity index (χ0n) is 23.0. The number of β-lactam (4-membered cyclic amide) rings is 1. The van der Waals surface area contributed by atoms with Gasteiger partial charge in [-0.3, -0.25) is 19.3 Å². The van der Waals surface area contributed by atoms with Crippen molar-refractivity contribution in [3.63, 3.8) is 0 Å². The molecule has 2 aliphatic heterocycles. The summed E-state index contributed by atoms with van der Waals surface area (Å²) in [6, 6.07) is 12.1. The number of H-pyrrole nitrogens is 1. The number of nitrogens with zero attached hydrogens (tertiary/aromatic N) is 8. The van der Waals surface area contributed by atoms with Crippen LogP contribution in [0.1, 0.15) is 27.8 Å². The summed E-state index contributed by atoms with van der Waals surface area (Å²) in [5.74, 6) is -2.67. The number of phenolic OH excluding ortho intramolecular Hbond substituents is 1. The minimum atomic E-state index is -1.28. The lowest BCUT2D eigenvalue weighted by Gasteiger charge is -2.49. The number of aromatic nitrogens is 8. The van der Waals surface area contributed by atoms with E-state index in [4.69, 9.17) is 0 Å². The van der Waals surface area contributed by atoms with E-state index in [9.17, 15) is 29.4 Å². The van der Waals surface area contributed by atoms with Crippen LogP contribution in [0.4, 0.5) is 0 Å². The Hall–Kier alpha value is -5.30. The van der Waals surface area contributed by atoms with Crippen LogP contribution in [0.3, 0.4) is 0 Å². The molecule has 4 aromatic rings. The van der Waals surface area contributed by atoms with E-state index in [1.54, 1.807) is 42.5 Å². The molecule has 1 saturated heterocycles. The van der Waals surface area contributed by atoms with Crippen molar-refractivity contribution in [3.05, 3.63) is 82.8 Å². The first-order chi connectivity index (χ1) is 21.8. The molecule has 230 valence electrons. The molecule has 2 unspecified atom stereocenters. The fourth-order valence-corrected chi connectivity index (χ4v) is 7.15. The monoisotopic (exact) mass is 649 g/mol. The number of carbonyl (C=O) groups excluding carboxylic acids is 3. The van der Waals surface area contributed by atoms with E-state index in [2.05, 4.69) is 46.8 Å². The number of carbonyl (C=O) groups is 4. The van der Waals surface area contributed by atoms with Crippen LogP contribution in [0.2, 0.25) is 0 Å². The Kier molecular flexibility index (Phi) is 8.43. The molecule has 4 heterocycles. The van der Waals surface area contributed by atoms with E-state index in [0.717, 1.165) is 4.90 Å². The Morgan fingerprint density at radius 3 is 2.62 bits per heavy atom. The highest BCUT2D eigenvalue weighted by Gasteiger charge is 2.54. The summed E-state index contributed by atoms with van der Waals surface area (Å²) in [4.78, 5) is 53.4. The van der Waals surface area contributed by atoms with Crippen molar-refractivity contribution in [2.75, 3.05) is 11.5 Å². The number of para-hydroxylation sites is 1. The summed E-state index contributed by atoms with van der Waals surface area (Å²) in [5.41, 5.74) is 0.751. The number of aromatic hydroxyl groups is 1. The van der Waals surface area contributed by atoms with Crippen molar-refractivity contribution in [3.8, 4) is 5.75 Å². The first kappa shape index (κ1) is 29.8. The van der Waals surface area contributed by atoms with Crippen LogP contribution in [0.15, 0.2) is 71.0 Å².